The van der Waals surface area contributed by atoms with E-state index in [1.54, 1.807) is 18.2 Å². The number of fused-ring (bicyclic) bond motifs is 1. The number of aryl methyl sites for hydroxylation is 1. The zero-order valence-corrected chi connectivity index (χ0v) is 16.2. The van der Waals surface area contributed by atoms with Crippen molar-refractivity contribution in [3.63, 3.8) is 0 Å². The molecule has 0 fully saturated rings. The number of nitrogens with one attached hydrogen (secondary N) is 2. The second-order valence-corrected chi connectivity index (χ2v) is 6.81. The Balaban J connectivity index is 1.53. The van der Waals surface area contributed by atoms with E-state index >= 15 is 0 Å². The third-order valence-electron chi connectivity index (χ3n) is 4.58. The topological polar surface area (TPSA) is 106 Å². The summed E-state index contributed by atoms with van der Waals surface area (Å²) in [4.78, 5) is 37.1. The van der Waals surface area contributed by atoms with Crippen LogP contribution in [0.3, 0.4) is 0 Å². The lowest BCUT2D eigenvalue weighted by molar-refractivity contribution is -0.121. The fraction of sp³-hybridized carbons (Fsp3) is 0.136. The summed E-state index contributed by atoms with van der Waals surface area (Å²) in [6.07, 6.45) is 1.51. The first-order valence-corrected chi connectivity index (χ1v) is 9.30. The molecule has 152 valence electrons. The largest absolute Gasteiger partial charge is 0.467 e. The van der Waals surface area contributed by atoms with Crippen LogP contribution in [0.2, 0.25) is 0 Å². The van der Waals surface area contributed by atoms with Crippen LogP contribution in [0, 0.1) is 6.92 Å². The van der Waals surface area contributed by atoms with Crippen molar-refractivity contribution in [1.82, 2.24) is 9.88 Å². The molecule has 8 nitrogen and oxygen atoms in total. The van der Waals surface area contributed by atoms with E-state index in [9.17, 15) is 14.4 Å². The Labute approximate surface area is 171 Å². The summed E-state index contributed by atoms with van der Waals surface area (Å²) >= 11 is 0. The van der Waals surface area contributed by atoms with Gasteiger partial charge in [0.1, 0.15) is 12.3 Å². The highest BCUT2D eigenvalue weighted by molar-refractivity contribution is 6.05. The number of carbonyl (C=O) groups excluding carboxylic acids is 2. The number of oxazole rings is 1. The predicted octanol–water partition coefficient (Wildman–Crippen LogP) is 3.06. The third kappa shape index (κ3) is 4.17. The van der Waals surface area contributed by atoms with Crippen LogP contribution in [0.5, 0.6) is 0 Å². The summed E-state index contributed by atoms with van der Waals surface area (Å²) in [5, 5.41) is 5.48. The highest BCUT2D eigenvalue weighted by Gasteiger charge is 2.16. The summed E-state index contributed by atoms with van der Waals surface area (Å²) < 4.78 is 11.5. The number of aromatic nitrogens is 1. The van der Waals surface area contributed by atoms with Crippen molar-refractivity contribution >= 4 is 28.6 Å². The molecule has 30 heavy (non-hydrogen) atoms. The van der Waals surface area contributed by atoms with Gasteiger partial charge in [0, 0.05) is 11.3 Å². The molecule has 0 saturated carbocycles. The lowest BCUT2D eigenvalue weighted by Gasteiger charge is -2.07. The van der Waals surface area contributed by atoms with Crippen molar-refractivity contribution in [1.29, 1.82) is 0 Å². The minimum absolute atomic E-state index is 0.209. The normalized spacial score (nSPS) is 10.8. The first-order chi connectivity index (χ1) is 14.5. The molecule has 0 atom stereocenters. The van der Waals surface area contributed by atoms with E-state index in [0.717, 1.165) is 5.56 Å². The van der Waals surface area contributed by atoms with Gasteiger partial charge in [-0.15, -0.1) is 0 Å². The van der Waals surface area contributed by atoms with E-state index in [-0.39, 0.29) is 24.9 Å². The Morgan fingerprint density at radius 1 is 1.07 bits per heavy atom. The molecule has 2 aromatic carbocycles. The van der Waals surface area contributed by atoms with Gasteiger partial charge in [-0.1, -0.05) is 17.7 Å². The van der Waals surface area contributed by atoms with E-state index in [1.165, 1.54) is 23.0 Å². The van der Waals surface area contributed by atoms with Gasteiger partial charge in [-0.05, 0) is 49.4 Å². The summed E-state index contributed by atoms with van der Waals surface area (Å²) in [5.74, 6) is -0.786. The number of anilines is 1. The van der Waals surface area contributed by atoms with Crippen molar-refractivity contribution in [3.8, 4) is 0 Å². The summed E-state index contributed by atoms with van der Waals surface area (Å²) in [5.41, 5.74) is 2.75. The van der Waals surface area contributed by atoms with E-state index < -0.39 is 5.76 Å². The average molecular weight is 405 g/mol. The van der Waals surface area contributed by atoms with Gasteiger partial charge in [-0.2, -0.15) is 0 Å². The molecule has 2 N–H and O–H groups in total. The highest BCUT2D eigenvalue weighted by Crippen LogP contribution is 2.17. The smallest absolute Gasteiger partial charge is 0.420 e. The minimum atomic E-state index is -0.672. The van der Waals surface area contributed by atoms with Gasteiger partial charge in [0.15, 0.2) is 5.58 Å². The molecule has 0 aliphatic carbocycles. The molecule has 0 bridgehead atoms. The predicted molar refractivity (Wildman–Crippen MR) is 110 cm³/mol. The van der Waals surface area contributed by atoms with Gasteiger partial charge in [-0.3, -0.25) is 14.2 Å². The number of furan rings is 1. The van der Waals surface area contributed by atoms with Crippen molar-refractivity contribution in [2.45, 2.75) is 20.0 Å². The van der Waals surface area contributed by atoms with Crippen LogP contribution < -0.4 is 16.4 Å². The molecule has 8 heteroatoms. The zero-order valence-electron chi connectivity index (χ0n) is 16.2. The first-order valence-electron chi connectivity index (χ1n) is 9.30. The van der Waals surface area contributed by atoms with Crippen molar-refractivity contribution in [3.05, 3.63) is 88.3 Å². The highest BCUT2D eigenvalue weighted by atomic mass is 16.4. The molecule has 0 aliphatic heterocycles. The molecule has 4 rings (SSSR count). The molecule has 0 aliphatic rings. The van der Waals surface area contributed by atoms with Gasteiger partial charge >= 0.3 is 5.76 Å². The standard InChI is InChI=1S/C22H19N3O5/c1-14-4-7-16(8-5-14)24-21(27)15-6-9-19-18(11-15)25(22(28)30-19)13-20(26)23-12-17-3-2-10-29-17/h2-11H,12-13H2,1H3,(H,23,26)(H,24,27). The summed E-state index contributed by atoms with van der Waals surface area (Å²) in [6, 6.07) is 15.5. The number of carbonyl (C=O) groups is 2. The SMILES string of the molecule is Cc1ccc(NC(=O)c2ccc3oc(=O)n(CC(=O)NCc4ccco4)c3c2)cc1. The number of hydrogen-bond acceptors (Lipinski definition) is 5. The minimum Gasteiger partial charge on any atom is -0.467 e. The maximum atomic E-state index is 12.6. The number of nitrogens with zero attached hydrogens (tertiary/aromatic N) is 1. The van der Waals surface area contributed by atoms with Crippen LogP contribution in [0.1, 0.15) is 21.7 Å². The van der Waals surface area contributed by atoms with Crippen molar-refractivity contribution < 1.29 is 18.4 Å². The summed E-state index contributed by atoms with van der Waals surface area (Å²) in [7, 11) is 0. The van der Waals surface area contributed by atoms with Crippen LogP contribution in [-0.2, 0) is 17.9 Å². The Kier molecular flexibility index (Phi) is 5.21. The Hall–Kier alpha value is -4.07. The van der Waals surface area contributed by atoms with Gasteiger partial charge in [0.05, 0.1) is 18.3 Å². The molecular formula is C22H19N3O5. The van der Waals surface area contributed by atoms with Gasteiger partial charge < -0.3 is 19.5 Å². The van der Waals surface area contributed by atoms with E-state index in [2.05, 4.69) is 10.6 Å². The van der Waals surface area contributed by atoms with Crippen LogP contribution in [-0.4, -0.2) is 16.4 Å². The number of amides is 2. The molecule has 4 aromatic rings. The number of benzene rings is 2. The second-order valence-electron chi connectivity index (χ2n) is 6.81. The fourth-order valence-corrected chi connectivity index (χ4v) is 2.99. The molecule has 0 radical (unpaired) electrons. The molecule has 0 saturated heterocycles. The van der Waals surface area contributed by atoms with E-state index in [4.69, 9.17) is 8.83 Å². The van der Waals surface area contributed by atoms with Crippen molar-refractivity contribution in [2.75, 3.05) is 5.32 Å². The van der Waals surface area contributed by atoms with Crippen molar-refractivity contribution in [2.24, 2.45) is 0 Å². The van der Waals surface area contributed by atoms with Gasteiger partial charge in [-0.25, -0.2) is 4.79 Å². The number of rotatable bonds is 6. The molecule has 2 heterocycles. The van der Waals surface area contributed by atoms with E-state index in [1.807, 2.05) is 31.2 Å². The Bertz CT molecular complexity index is 1250. The monoisotopic (exact) mass is 405 g/mol. The van der Waals surface area contributed by atoms with Crippen LogP contribution in [0.25, 0.3) is 11.1 Å². The lowest BCUT2D eigenvalue weighted by atomic mass is 10.1. The Morgan fingerprint density at radius 3 is 2.60 bits per heavy atom. The average Bonchev–Trinajstić information content (AvgIpc) is 3.36. The van der Waals surface area contributed by atoms with Crippen LogP contribution >= 0.6 is 0 Å². The lowest BCUT2D eigenvalue weighted by Crippen LogP contribution is -2.30. The molecule has 2 aromatic heterocycles. The first kappa shape index (κ1) is 19.3. The molecule has 0 unspecified atom stereocenters. The molecule has 0 spiro atoms. The quantitative estimate of drug-likeness (QED) is 0.513. The maximum absolute atomic E-state index is 12.6. The van der Waals surface area contributed by atoms with Crippen LogP contribution in [0.4, 0.5) is 5.69 Å². The fourth-order valence-electron chi connectivity index (χ4n) is 2.99. The maximum Gasteiger partial charge on any atom is 0.420 e. The second kappa shape index (κ2) is 8.12. The molecular weight excluding hydrogens is 386 g/mol. The number of hydrogen-bond donors (Lipinski definition) is 2. The van der Waals surface area contributed by atoms with Gasteiger partial charge in [0.2, 0.25) is 5.91 Å². The van der Waals surface area contributed by atoms with E-state index in [0.29, 0.717) is 28.1 Å². The molecule has 2 amide bonds. The third-order valence-corrected chi connectivity index (χ3v) is 4.58. The summed E-state index contributed by atoms with van der Waals surface area (Å²) in [6.45, 7) is 1.93. The van der Waals surface area contributed by atoms with Crippen LogP contribution in [0.15, 0.2) is 74.5 Å². The van der Waals surface area contributed by atoms with Gasteiger partial charge in [0.25, 0.3) is 5.91 Å². The Morgan fingerprint density at radius 2 is 1.87 bits per heavy atom. The zero-order chi connectivity index (χ0) is 21.1.